The van der Waals surface area contributed by atoms with Gasteiger partial charge in [-0.15, -0.1) is 0 Å². The van der Waals surface area contributed by atoms with Gasteiger partial charge in [0, 0.05) is 6.04 Å². The lowest BCUT2D eigenvalue weighted by Crippen LogP contribution is -2.42. The molecule has 3 aromatic rings. The van der Waals surface area contributed by atoms with Crippen molar-refractivity contribution in [3.05, 3.63) is 41.5 Å². The predicted molar refractivity (Wildman–Crippen MR) is 93.6 cm³/mol. The molecule has 25 heavy (non-hydrogen) atoms. The molecule has 6 nitrogen and oxygen atoms in total. The molecule has 1 aromatic carbocycles. The van der Waals surface area contributed by atoms with Crippen LogP contribution in [0.2, 0.25) is 0 Å². The number of hydrogen-bond acceptors (Lipinski definition) is 4. The lowest BCUT2D eigenvalue weighted by atomic mass is 10.0. The molecule has 1 aliphatic rings. The standard InChI is InChI=1S/C18H23FN6/c1-12-20-13(2)25(23-12)10-14-6-3-4-9-24(14)11-17-21-16-8-5-7-15(19)18(16)22-17/h5,7-8,14H,3-4,6,9-11H2,1-2H3,(H,21,22). The van der Waals surface area contributed by atoms with Crippen molar-refractivity contribution >= 4 is 11.0 Å². The van der Waals surface area contributed by atoms with E-state index in [0.29, 0.717) is 18.1 Å². The molecule has 2 aromatic heterocycles. The van der Waals surface area contributed by atoms with E-state index in [2.05, 4.69) is 25.0 Å². The van der Waals surface area contributed by atoms with Crippen LogP contribution in [0.25, 0.3) is 11.0 Å². The molecule has 7 heteroatoms. The molecule has 3 heterocycles. The quantitative estimate of drug-likeness (QED) is 0.792. The number of halogens is 1. The van der Waals surface area contributed by atoms with Gasteiger partial charge in [0.05, 0.1) is 18.6 Å². The Balaban J connectivity index is 1.54. The van der Waals surface area contributed by atoms with Crippen molar-refractivity contribution in [2.75, 3.05) is 6.54 Å². The fraction of sp³-hybridized carbons (Fsp3) is 0.500. The molecule has 1 unspecified atom stereocenters. The highest BCUT2D eigenvalue weighted by Crippen LogP contribution is 2.22. The minimum Gasteiger partial charge on any atom is -0.341 e. The van der Waals surface area contributed by atoms with Gasteiger partial charge in [0.2, 0.25) is 0 Å². The number of aromatic nitrogens is 5. The van der Waals surface area contributed by atoms with Crippen molar-refractivity contribution in [2.24, 2.45) is 0 Å². The van der Waals surface area contributed by atoms with Gasteiger partial charge in [-0.05, 0) is 45.4 Å². The number of benzene rings is 1. The Morgan fingerprint density at radius 1 is 1.24 bits per heavy atom. The van der Waals surface area contributed by atoms with Crippen LogP contribution in [-0.2, 0) is 13.1 Å². The average molecular weight is 342 g/mol. The van der Waals surface area contributed by atoms with Gasteiger partial charge in [0.15, 0.2) is 5.82 Å². The van der Waals surface area contributed by atoms with Crippen molar-refractivity contribution in [1.29, 1.82) is 0 Å². The molecule has 1 fully saturated rings. The Kier molecular flexibility index (Phi) is 4.25. The van der Waals surface area contributed by atoms with Crippen molar-refractivity contribution in [2.45, 2.75) is 52.2 Å². The van der Waals surface area contributed by atoms with Crippen LogP contribution in [0.3, 0.4) is 0 Å². The molecule has 1 saturated heterocycles. The lowest BCUT2D eigenvalue weighted by Gasteiger charge is -2.35. The molecule has 1 aliphatic heterocycles. The fourth-order valence-corrected chi connectivity index (χ4v) is 3.72. The number of rotatable bonds is 4. The summed E-state index contributed by atoms with van der Waals surface area (Å²) >= 11 is 0. The molecular weight excluding hydrogens is 319 g/mol. The SMILES string of the molecule is Cc1nc(C)n(CC2CCCCN2Cc2nc3c(F)cccc3[nH]2)n1. The zero-order valence-electron chi connectivity index (χ0n) is 14.7. The van der Waals surface area contributed by atoms with Crippen LogP contribution in [-0.4, -0.2) is 42.2 Å². The summed E-state index contributed by atoms with van der Waals surface area (Å²) in [6.07, 6.45) is 3.54. The van der Waals surface area contributed by atoms with Crippen molar-refractivity contribution < 1.29 is 4.39 Å². The second kappa shape index (κ2) is 6.55. The largest absolute Gasteiger partial charge is 0.341 e. The summed E-state index contributed by atoms with van der Waals surface area (Å²) in [4.78, 5) is 14.5. The van der Waals surface area contributed by atoms with Gasteiger partial charge in [0.25, 0.3) is 0 Å². The third kappa shape index (κ3) is 3.28. The topological polar surface area (TPSA) is 62.6 Å². The van der Waals surface area contributed by atoms with Crippen LogP contribution < -0.4 is 0 Å². The summed E-state index contributed by atoms with van der Waals surface area (Å²) in [7, 11) is 0. The number of aryl methyl sites for hydroxylation is 2. The molecule has 0 saturated carbocycles. The number of aromatic amines is 1. The Hall–Kier alpha value is -2.28. The minimum atomic E-state index is -0.274. The van der Waals surface area contributed by atoms with Gasteiger partial charge >= 0.3 is 0 Å². The van der Waals surface area contributed by atoms with Crippen molar-refractivity contribution in [1.82, 2.24) is 29.6 Å². The van der Waals surface area contributed by atoms with E-state index in [1.165, 1.54) is 18.9 Å². The Morgan fingerprint density at radius 3 is 2.88 bits per heavy atom. The predicted octanol–water partition coefficient (Wildman–Crippen LogP) is 2.97. The molecule has 0 spiro atoms. The highest BCUT2D eigenvalue weighted by Gasteiger charge is 2.25. The number of likely N-dealkylation sites (tertiary alicyclic amines) is 1. The van der Waals surface area contributed by atoms with E-state index < -0.39 is 0 Å². The number of fused-ring (bicyclic) bond motifs is 1. The van der Waals surface area contributed by atoms with Gasteiger partial charge in [-0.3, -0.25) is 4.90 Å². The molecule has 1 atom stereocenters. The van der Waals surface area contributed by atoms with E-state index in [4.69, 9.17) is 0 Å². The molecule has 0 aliphatic carbocycles. The van der Waals surface area contributed by atoms with Crippen molar-refractivity contribution in [3.8, 4) is 0 Å². The first-order valence-electron chi connectivity index (χ1n) is 8.85. The van der Waals surface area contributed by atoms with Crippen LogP contribution in [0.5, 0.6) is 0 Å². The molecule has 132 valence electrons. The maximum Gasteiger partial charge on any atom is 0.151 e. The molecule has 0 radical (unpaired) electrons. The van der Waals surface area contributed by atoms with E-state index in [9.17, 15) is 4.39 Å². The Bertz CT molecular complexity index is 883. The van der Waals surface area contributed by atoms with E-state index in [1.807, 2.05) is 24.6 Å². The smallest absolute Gasteiger partial charge is 0.151 e. The number of H-pyrrole nitrogens is 1. The zero-order valence-corrected chi connectivity index (χ0v) is 14.7. The number of nitrogens with zero attached hydrogens (tertiary/aromatic N) is 5. The van der Waals surface area contributed by atoms with Crippen LogP contribution >= 0.6 is 0 Å². The van der Waals surface area contributed by atoms with Crippen LogP contribution in [0.4, 0.5) is 4.39 Å². The lowest BCUT2D eigenvalue weighted by molar-refractivity contribution is 0.118. The maximum atomic E-state index is 13.9. The second-order valence-corrected chi connectivity index (χ2v) is 6.83. The third-order valence-electron chi connectivity index (χ3n) is 4.96. The monoisotopic (exact) mass is 342 g/mol. The van der Waals surface area contributed by atoms with Gasteiger partial charge < -0.3 is 4.98 Å². The zero-order chi connectivity index (χ0) is 17.4. The number of para-hydroxylation sites is 1. The van der Waals surface area contributed by atoms with Crippen LogP contribution in [0.1, 0.15) is 36.7 Å². The summed E-state index contributed by atoms with van der Waals surface area (Å²) in [5.74, 6) is 2.31. The number of nitrogens with one attached hydrogen (secondary N) is 1. The van der Waals surface area contributed by atoms with E-state index in [-0.39, 0.29) is 5.82 Å². The van der Waals surface area contributed by atoms with Gasteiger partial charge in [0.1, 0.15) is 23.0 Å². The fourth-order valence-electron chi connectivity index (χ4n) is 3.72. The Morgan fingerprint density at radius 2 is 2.12 bits per heavy atom. The minimum absolute atomic E-state index is 0.274. The average Bonchev–Trinajstić information content (AvgIpc) is 3.13. The highest BCUT2D eigenvalue weighted by atomic mass is 19.1. The summed E-state index contributed by atoms with van der Waals surface area (Å²) in [6.45, 7) is 6.48. The van der Waals surface area contributed by atoms with Gasteiger partial charge in [-0.2, -0.15) is 5.10 Å². The third-order valence-corrected chi connectivity index (χ3v) is 4.96. The van der Waals surface area contributed by atoms with Gasteiger partial charge in [-0.25, -0.2) is 19.0 Å². The summed E-state index contributed by atoms with van der Waals surface area (Å²) in [6, 6.07) is 5.42. The molecular formula is C18H23FN6. The Labute approximate surface area is 146 Å². The first-order valence-corrected chi connectivity index (χ1v) is 8.85. The highest BCUT2D eigenvalue weighted by molar-refractivity contribution is 5.75. The normalized spacial score (nSPS) is 18.9. The summed E-state index contributed by atoms with van der Waals surface area (Å²) in [5, 5.41) is 4.50. The molecule has 4 rings (SSSR count). The molecule has 0 bridgehead atoms. The molecule has 1 N–H and O–H groups in total. The maximum absolute atomic E-state index is 13.9. The summed E-state index contributed by atoms with van der Waals surface area (Å²) in [5.41, 5.74) is 1.18. The molecule has 0 amide bonds. The number of imidazole rings is 1. The first-order chi connectivity index (χ1) is 12.1. The van der Waals surface area contributed by atoms with E-state index in [0.717, 1.165) is 42.5 Å². The van der Waals surface area contributed by atoms with Crippen LogP contribution in [0, 0.1) is 19.7 Å². The van der Waals surface area contributed by atoms with E-state index in [1.54, 1.807) is 6.07 Å². The van der Waals surface area contributed by atoms with E-state index >= 15 is 0 Å². The number of hydrogen-bond donors (Lipinski definition) is 1. The van der Waals surface area contributed by atoms with Crippen molar-refractivity contribution in [3.63, 3.8) is 0 Å². The second-order valence-electron chi connectivity index (χ2n) is 6.83. The summed E-state index contributed by atoms with van der Waals surface area (Å²) < 4.78 is 15.9. The number of piperidine rings is 1. The van der Waals surface area contributed by atoms with Crippen LogP contribution in [0.15, 0.2) is 18.2 Å². The van der Waals surface area contributed by atoms with Gasteiger partial charge in [-0.1, -0.05) is 12.5 Å². The first kappa shape index (κ1) is 16.2.